The van der Waals surface area contributed by atoms with E-state index < -0.39 is 0 Å². The SMILES string of the molecule is CN(C)[C@@H]1CCCC[C@@H]1N(C)CC(=O)N1c2ccccc2NC(=O)c2ccccc21. The Morgan fingerprint density at radius 1 is 0.967 bits per heavy atom. The lowest BCUT2D eigenvalue weighted by Crippen LogP contribution is -2.52. The Bertz CT molecular complexity index is 942. The molecule has 0 spiro atoms. The summed E-state index contributed by atoms with van der Waals surface area (Å²) in [6, 6.07) is 15.6. The Labute approximate surface area is 178 Å². The van der Waals surface area contributed by atoms with Gasteiger partial charge in [0.1, 0.15) is 0 Å². The molecule has 158 valence electrons. The first-order valence-electron chi connectivity index (χ1n) is 10.7. The van der Waals surface area contributed by atoms with Crippen LogP contribution in [-0.4, -0.2) is 61.4 Å². The Morgan fingerprint density at radius 2 is 1.60 bits per heavy atom. The van der Waals surface area contributed by atoms with Crippen LogP contribution >= 0.6 is 0 Å². The van der Waals surface area contributed by atoms with Crippen molar-refractivity contribution < 1.29 is 9.59 Å². The molecule has 1 aliphatic carbocycles. The zero-order valence-electron chi connectivity index (χ0n) is 18.0. The minimum atomic E-state index is -0.193. The standard InChI is InChI=1S/C24H30N4O2/c1-26(2)21-14-8-9-15-22(21)27(3)16-23(29)28-19-12-6-4-10-17(19)24(30)25-18-11-5-7-13-20(18)28/h4-7,10-13,21-22H,8-9,14-16H2,1-3H3,(H,25,30)/t21-,22+/m1/s1. The van der Waals surface area contributed by atoms with Gasteiger partial charge in [-0.15, -0.1) is 0 Å². The van der Waals surface area contributed by atoms with Crippen LogP contribution in [0, 0.1) is 0 Å². The third-order valence-electron chi connectivity index (χ3n) is 6.34. The number of anilines is 3. The Kier molecular flexibility index (Phi) is 5.88. The van der Waals surface area contributed by atoms with E-state index in [1.807, 2.05) is 49.5 Å². The predicted molar refractivity (Wildman–Crippen MR) is 120 cm³/mol. The number of nitrogens with one attached hydrogen (secondary N) is 1. The largest absolute Gasteiger partial charge is 0.320 e. The highest BCUT2D eigenvalue weighted by Crippen LogP contribution is 2.38. The van der Waals surface area contributed by atoms with Crippen LogP contribution in [0.2, 0.25) is 0 Å². The second-order valence-corrected chi connectivity index (χ2v) is 8.52. The van der Waals surface area contributed by atoms with E-state index in [1.54, 1.807) is 11.0 Å². The van der Waals surface area contributed by atoms with E-state index in [0.717, 1.165) is 12.8 Å². The van der Waals surface area contributed by atoms with Crippen LogP contribution < -0.4 is 10.2 Å². The van der Waals surface area contributed by atoms with Crippen molar-refractivity contribution in [2.45, 2.75) is 37.8 Å². The molecule has 1 N–H and O–H groups in total. The Morgan fingerprint density at radius 3 is 2.33 bits per heavy atom. The number of fused-ring (bicyclic) bond motifs is 2. The fourth-order valence-corrected chi connectivity index (χ4v) is 4.83. The monoisotopic (exact) mass is 406 g/mol. The lowest BCUT2D eigenvalue weighted by molar-refractivity contribution is -0.119. The molecule has 6 heteroatoms. The molecule has 1 aliphatic heterocycles. The smallest absolute Gasteiger partial charge is 0.257 e. The molecule has 2 aromatic carbocycles. The van der Waals surface area contributed by atoms with Gasteiger partial charge in [0, 0.05) is 12.1 Å². The lowest BCUT2D eigenvalue weighted by atomic mass is 9.88. The molecular formula is C24H30N4O2. The second kappa shape index (κ2) is 8.58. The molecule has 2 amide bonds. The molecule has 2 atom stereocenters. The van der Waals surface area contributed by atoms with Gasteiger partial charge in [0.05, 0.1) is 29.2 Å². The number of rotatable bonds is 4. The Hall–Kier alpha value is -2.70. The fourth-order valence-electron chi connectivity index (χ4n) is 4.83. The van der Waals surface area contributed by atoms with Crippen LogP contribution in [0.3, 0.4) is 0 Å². The van der Waals surface area contributed by atoms with Crippen LogP contribution in [0.25, 0.3) is 0 Å². The maximum atomic E-state index is 13.6. The molecule has 30 heavy (non-hydrogen) atoms. The van der Waals surface area contributed by atoms with E-state index in [0.29, 0.717) is 41.3 Å². The van der Waals surface area contributed by atoms with Crippen LogP contribution in [0.15, 0.2) is 48.5 Å². The van der Waals surface area contributed by atoms with Crippen molar-refractivity contribution in [1.82, 2.24) is 9.80 Å². The van der Waals surface area contributed by atoms with Gasteiger partial charge in [-0.2, -0.15) is 0 Å². The summed E-state index contributed by atoms with van der Waals surface area (Å²) >= 11 is 0. The molecule has 1 fully saturated rings. The van der Waals surface area contributed by atoms with Crippen molar-refractivity contribution in [2.24, 2.45) is 0 Å². The van der Waals surface area contributed by atoms with Crippen molar-refractivity contribution in [1.29, 1.82) is 0 Å². The number of amides is 2. The second-order valence-electron chi connectivity index (χ2n) is 8.52. The number of para-hydroxylation sites is 3. The molecule has 4 rings (SSSR count). The minimum Gasteiger partial charge on any atom is -0.320 e. The van der Waals surface area contributed by atoms with Crippen LogP contribution in [-0.2, 0) is 4.79 Å². The number of nitrogens with zero attached hydrogens (tertiary/aromatic N) is 3. The van der Waals surface area contributed by atoms with E-state index in [1.165, 1.54) is 12.8 Å². The molecule has 2 aromatic rings. The molecule has 0 aromatic heterocycles. The lowest BCUT2D eigenvalue weighted by Gasteiger charge is -2.41. The van der Waals surface area contributed by atoms with Gasteiger partial charge >= 0.3 is 0 Å². The molecule has 1 heterocycles. The molecule has 0 bridgehead atoms. The first kappa shape index (κ1) is 20.6. The van der Waals surface area contributed by atoms with E-state index >= 15 is 0 Å². The highest BCUT2D eigenvalue weighted by molar-refractivity contribution is 6.17. The highest BCUT2D eigenvalue weighted by Gasteiger charge is 2.33. The first-order chi connectivity index (χ1) is 14.5. The minimum absolute atomic E-state index is 0.0306. The summed E-state index contributed by atoms with van der Waals surface area (Å²) < 4.78 is 0. The van der Waals surface area contributed by atoms with Crippen molar-refractivity contribution in [3.8, 4) is 0 Å². The third-order valence-corrected chi connectivity index (χ3v) is 6.34. The summed E-state index contributed by atoms with van der Waals surface area (Å²) in [6.07, 6.45) is 4.69. The number of hydrogen-bond donors (Lipinski definition) is 1. The number of benzene rings is 2. The molecule has 6 nitrogen and oxygen atoms in total. The fraction of sp³-hybridized carbons (Fsp3) is 0.417. The number of likely N-dealkylation sites (N-methyl/N-ethyl adjacent to an activating group) is 2. The van der Waals surface area contributed by atoms with E-state index in [-0.39, 0.29) is 11.8 Å². The molecule has 2 aliphatic rings. The summed E-state index contributed by atoms with van der Waals surface area (Å²) in [5.74, 6) is -0.223. The van der Waals surface area contributed by atoms with Gasteiger partial charge in [-0.25, -0.2) is 0 Å². The van der Waals surface area contributed by atoms with Crippen molar-refractivity contribution in [3.63, 3.8) is 0 Å². The third kappa shape index (κ3) is 3.85. The van der Waals surface area contributed by atoms with E-state index in [4.69, 9.17) is 0 Å². The van der Waals surface area contributed by atoms with Gasteiger partial charge in [0.2, 0.25) is 5.91 Å². The van der Waals surface area contributed by atoms with Crippen molar-refractivity contribution in [2.75, 3.05) is 37.9 Å². The van der Waals surface area contributed by atoms with Crippen molar-refractivity contribution in [3.05, 3.63) is 54.1 Å². The maximum absolute atomic E-state index is 13.6. The summed E-state index contributed by atoms with van der Waals surface area (Å²) in [5.41, 5.74) is 2.50. The number of hydrogen-bond acceptors (Lipinski definition) is 4. The maximum Gasteiger partial charge on any atom is 0.257 e. The zero-order chi connectivity index (χ0) is 21.3. The molecule has 0 saturated heterocycles. The van der Waals surface area contributed by atoms with Gasteiger partial charge in [-0.3, -0.25) is 19.4 Å². The van der Waals surface area contributed by atoms with Gasteiger partial charge in [0.25, 0.3) is 5.91 Å². The van der Waals surface area contributed by atoms with Gasteiger partial charge in [0.15, 0.2) is 0 Å². The van der Waals surface area contributed by atoms with Crippen molar-refractivity contribution >= 4 is 28.9 Å². The predicted octanol–water partition coefficient (Wildman–Crippen LogP) is 3.72. The highest BCUT2D eigenvalue weighted by atomic mass is 16.2. The van der Waals surface area contributed by atoms with Crippen LogP contribution in [0.5, 0.6) is 0 Å². The number of carbonyl (C=O) groups is 2. The van der Waals surface area contributed by atoms with Crippen LogP contribution in [0.4, 0.5) is 17.1 Å². The molecular weight excluding hydrogens is 376 g/mol. The summed E-state index contributed by atoms with van der Waals surface area (Å²) in [5, 5.41) is 2.95. The van der Waals surface area contributed by atoms with E-state index in [2.05, 4.69) is 29.2 Å². The Balaban J connectivity index is 1.66. The van der Waals surface area contributed by atoms with E-state index in [9.17, 15) is 9.59 Å². The topological polar surface area (TPSA) is 55.9 Å². The summed E-state index contributed by atoms with van der Waals surface area (Å²) in [4.78, 5) is 32.6. The van der Waals surface area contributed by atoms with Crippen LogP contribution in [0.1, 0.15) is 36.0 Å². The quantitative estimate of drug-likeness (QED) is 0.841. The van der Waals surface area contributed by atoms with Gasteiger partial charge < -0.3 is 10.2 Å². The molecule has 0 radical (unpaired) electrons. The first-order valence-corrected chi connectivity index (χ1v) is 10.7. The molecule has 0 unspecified atom stereocenters. The van der Waals surface area contributed by atoms with Gasteiger partial charge in [-0.1, -0.05) is 37.1 Å². The van der Waals surface area contributed by atoms with Gasteiger partial charge in [-0.05, 0) is 58.3 Å². The average Bonchev–Trinajstić information content (AvgIpc) is 2.87. The average molecular weight is 407 g/mol. The normalized spacial score (nSPS) is 21.1. The number of carbonyl (C=O) groups excluding carboxylic acids is 2. The summed E-state index contributed by atoms with van der Waals surface area (Å²) in [7, 11) is 6.29. The molecule has 1 saturated carbocycles. The zero-order valence-corrected chi connectivity index (χ0v) is 18.0. The summed E-state index contributed by atoms with van der Waals surface area (Å²) in [6.45, 7) is 0.297.